The first-order chi connectivity index (χ1) is 5.79. The topological polar surface area (TPSA) is 49.8 Å². The molecule has 1 rings (SSSR count). The van der Waals surface area contributed by atoms with Gasteiger partial charge in [-0.2, -0.15) is 5.26 Å². The Balaban J connectivity index is 0.00000144. The van der Waals surface area contributed by atoms with Crippen molar-refractivity contribution in [2.75, 3.05) is 6.67 Å². The highest BCUT2D eigenvalue weighted by atomic mass is 35.5. The Hall–Kier alpha value is -1.11. The van der Waals surface area contributed by atoms with Crippen molar-refractivity contribution in [3.63, 3.8) is 0 Å². The monoisotopic (exact) mass is 200 g/mol. The van der Waals surface area contributed by atoms with E-state index in [2.05, 4.69) is 0 Å². The molecule has 0 spiro atoms. The Morgan fingerprint density at radius 1 is 1.46 bits per heavy atom. The van der Waals surface area contributed by atoms with E-state index in [0.29, 0.717) is 11.1 Å². The summed E-state index contributed by atoms with van der Waals surface area (Å²) >= 11 is 0. The second-order valence-corrected chi connectivity index (χ2v) is 2.46. The molecule has 1 aromatic rings. The number of benzene rings is 1. The summed E-state index contributed by atoms with van der Waals surface area (Å²) in [6, 6.07) is 8.05. The van der Waals surface area contributed by atoms with Crippen LogP contribution in [0, 0.1) is 11.3 Å². The smallest absolute Gasteiger partial charge is 0.109 e. The van der Waals surface area contributed by atoms with Gasteiger partial charge in [0, 0.05) is 0 Å². The zero-order valence-electron chi connectivity index (χ0n) is 6.90. The Kier molecular flexibility index (Phi) is 5.05. The highest BCUT2D eigenvalue weighted by molar-refractivity contribution is 5.85. The van der Waals surface area contributed by atoms with E-state index in [9.17, 15) is 4.39 Å². The Labute approximate surface area is 82.6 Å². The Morgan fingerprint density at radius 3 is 2.62 bits per heavy atom. The number of nitrogens with zero attached hydrogens (tertiary/aromatic N) is 1. The van der Waals surface area contributed by atoms with E-state index in [1.54, 1.807) is 24.3 Å². The van der Waals surface area contributed by atoms with Crippen LogP contribution in [0.3, 0.4) is 0 Å². The molecule has 1 aromatic carbocycles. The van der Waals surface area contributed by atoms with Crippen LogP contribution in [0.5, 0.6) is 0 Å². The molecule has 2 N–H and O–H groups in total. The molecule has 70 valence electrons. The maximum atomic E-state index is 12.2. The fourth-order valence-electron chi connectivity index (χ4n) is 1.01. The first-order valence-electron chi connectivity index (χ1n) is 3.60. The summed E-state index contributed by atoms with van der Waals surface area (Å²) in [6.45, 7) is -0.640. The lowest BCUT2D eigenvalue weighted by Gasteiger charge is -2.07. The third-order valence-electron chi connectivity index (χ3n) is 1.65. The lowest BCUT2D eigenvalue weighted by Crippen LogP contribution is -2.13. The summed E-state index contributed by atoms with van der Waals surface area (Å²) in [5.74, 6) is 0. The van der Waals surface area contributed by atoms with Crippen LogP contribution in [0.15, 0.2) is 24.3 Å². The Morgan fingerprint density at radius 2 is 2.08 bits per heavy atom. The number of halogens is 2. The number of rotatable bonds is 2. The minimum absolute atomic E-state index is 0. The van der Waals surface area contributed by atoms with E-state index in [-0.39, 0.29) is 12.4 Å². The second-order valence-electron chi connectivity index (χ2n) is 2.46. The zero-order chi connectivity index (χ0) is 8.97. The van der Waals surface area contributed by atoms with Gasteiger partial charge in [-0.1, -0.05) is 18.2 Å². The van der Waals surface area contributed by atoms with Crippen LogP contribution in [0.25, 0.3) is 0 Å². The molecule has 0 bridgehead atoms. The summed E-state index contributed by atoms with van der Waals surface area (Å²) in [5.41, 5.74) is 6.46. The normalized spacial score (nSPS) is 11.2. The Bertz CT molecular complexity index is 309. The van der Waals surface area contributed by atoms with E-state index in [1.165, 1.54) is 0 Å². The molecule has 13 heavy (non-hydrogen) atoms. The van der Waals surface area contributed by atoms with Crippen molar-refractivity contribution in [3.05, 3.63) is 35.4 Å². The average Bonchev–Trinajstić information content (AvgIpc) is 2.16. The van der Waals surface area contributed by atoms with E-state index < -0.39 is 12.7 Å². The molecule has 0 aromatic heterocycles. The molecule has 0 fully saturated rings. The predicted octanol–water partition coefficient (Wildman–Crippen LogP) is 1.95. The van der Waals surface area contributed by atoms with Crippen molar-refractivity contribution >= 4 is 12.4 Å². The van der Waals surface area contributed by atoms with Crippen LogP contribution in [-0.2, 0) is 0 Å². The number of hydrogen-bond acceptors (Lipinski definition) is 2. The minimum atomic E-state index is -0.680. The van der Waals surface area contributed by atoms with E-state index in [0.717, 1.165) is 0 Å². The van der Waals surface area contributed by atoms with Gasteiger partial charge in [-0.25, -0.2) is 4.39 Å². The fourth-order valence-corrected chi connectivity index (χ4v) is 1.01. The molecule has 0 unspecified atom stereocenters. The van der Waals surface area contributed by atoms with Crippen molar-refractivity contribution in [3.8, 4) is 6.07 Å². The van der Waals surface area contributed by atoms with Crippen molar-refractivity contribution < 1.29 is 4.39 Å². The molecule has 0 aliphatic rings. The fraction of sp³-hybridized carbons (Fsp3) is 0.222. The maximum Gasteiger partial charge on any atom is 0.109 e. The molecule has 0 amide bonds. The molecule has 0 saturated carbocycles. The number of nitrogens with two attached hydrogens (primary N) is 1. The van der Waals surface area contributed by atoms with Crippen molar-refractivity contribution in [2.45, 2.75) is 6.04 Å². The van der Waals surface area contributed by atoms with Gasteiger partial charge in [-0.15, -0.1) is 12.4 Å². The maximum absolute atomic E-state index is 12.2. The zero-order valence-corrected chi connectivity index (χ0v) is 7.72. The van der Waals surface area contributed by atoms with Crippen molar-refractivity contribution in [1.82, 2.24) is 0 Å². The van der Waals surface area contributed by atoms with Gasteiger partial charge in [0.2, 0.25) is 0 Å². The molecule has 0 saturated heterocycles. The van der Waals surface area contributed by atoms with Gasteiger partial charge < -0.3 is 5.73 Å². The lowest BCUT2D eigenvalue weighted by molar-refractivity contribution is 0.437. The average molecular weight is 201 g/mol. The molecule has 4 heteroatoms. The third-order valence-corrected chi connectivity index (χ3v) is 1.65. The van der Waals surface area contributed by atoms with Crippen LogP contribution in [-0.4, -0.2) is 6.67 Å². The third kappa shape index (κ3) is 2.69. The highest BCUT2D eigenvalue weighted by Crippen LogP contribution is 2.15. The van der Waals surface area contributed by atoms with Crippen LogP contribution in [0.1, 0.15) is 17.2 Å². The standard InChI is InChI=1S/C9H9FN2.ClH/c10-5-9(12)8-4-2-1-3-7(8)6-11;/h1-4,9H,5,12H2;1H/t9-;/m0./s1. The van der Waals surface area contributed by atoms with Gasteiger partial charge in [0.1, 0.15) is 6.67 Å². The first-order valence-corrected chi connectivity index (χ1v) is 3.60. The highest BCUT2D eigenvalue weighted by Gasteiger charge is 2.08. The summed E-state index contributed by atoms with van der Waals surface area (Å²) in [4.78, 5) is 0. The number of nitriles is 1. The second kappa shape index (κ2) is 5.52. The lowest BCUT2D eigenvalue weighted by atomic mass is 10.0. The molecule has 1 atom stereocenters. The molecule has 0 radical (unpaired) electrons. The molecule has 2 nitrogen and oxygen atoms in total. The molecular formula is C9H10ClFN2. The summed E-state index contributed by atoms with van der Waals surface area (Å²) < 4.78 is 12.2. The van der Waals surface area contributed by atoms with Crippen molar-refractivity contribution in [2.24, 2.45) is 5.73 Å². The molecule has 0 aliphatic carbocycles. The van der Waals surface area contributed by atoms with E-state index in [1.807, 2.05) is 6.07 Å². The summed E-state index contributed by atoms with van der Waals surface area (Å²) in [7, 11) is 0. The first kappa shape index (κ1) is 11.9. The number of hydrogen-bond donors (Lipinski definition) is 1. The molecule has 0 aliphatic heterocycles. The van der Waals surface area contributed by atoms with Crippen LogP contribution >= 0.6 is 12.4 Å². The molecule has 0 heterocycles. The van der Waals surface area contributed by atoms with Gasteiger partial charge in [0.05, 0.1) is 17.7 Å². The van der Waals surface area contributed by atoms with Crippen molar-refractivity contribution in [1.29, 1.82) is 5.26 Å². The summed E-state index contributed by atoms with van der Waals surface area (Å²) in [5, 5.41) is 8.63. The van der Waals surface area contributed by atoms with E-state index >= 15 is 0 Å². The van der Waals surface area contributed by atoms with Crippen LogP contribution in [0.2, 0.25) is 0 Å². The van der Waals surface area contributed by atoms with Crippen LogP contribution in [0.4, 0.5) is 4.39 Å². The minimum Gasteiger partial charge on any atom is -0.322 e. The van der Waals surface area contributed by atoms with Gasteiger partial charge in [0.15, 0.2) is 0 Å². The quantitative estimate of drug-likeness (QED) is 0.794. The summed E-state index contributed by atoms with van der Waals surface area (Å²) in [6.07, 6.45) is 0. The largest absolute Gasteiger partial charge is 0.322 e. The van der Waals surface area contributed by atoms with Crippen LogP contribution < -0.4 is 5.73 Å². The van der Waals surface area contributed by atoms with Gasteiger partial charge >= 0.3 is 0 Å². The van der Waals surface area contributed by atoms with E-state index in [4.69, 9.17) is 11.0 Å². The van der Waals surface area contributed by atoms with Gasteiger partial charge in [0.25, 0.3) is 0 Å². The van der Waals surface area contributed by atoms with Gasteiger partial charge in [-0.3, -0.25) is 0 Å². The SMILES string of the molecule is Cl.N#Cc1ccccc1[C@@H](N)CF. The number of alkyl halides is 1. The van der Waals surface area contributed by atoms with Gasteiger partial charge in [-0.05, 0) is 11.6 Å². The predicted molar refractivity (Wildman–Crippen MR) is 51.3 cm³/mol. The molecular weight excluding hydrogens is 191 g/mol.